The van der Waals surface area contributed by atoms with Crippen LogP contribution in [0, 0.1) is 0 Å². The van der Waals surface area contributed by atoms with Crippen LogP contribution in [0.1, 0.15) is 0 Å². The fourth-order valence-electron chi connectivity index (χ4n) is 9.63. The number of hydrogen-bond acceptors (Lipinski definition) is 1. The predicted molar refractivity (Wildman–Crippen MR) is 264 cm³/mol. The van der Waals surface area contributed by atoms with Gasteiger partial charge in [0.25, 0.3) is 0 Å². The number of furan rings is 1. The van der Waals surface area contributed by atoms with E-state index in [9.17, 15) is 0 Å². The molecule has 2 nitrogen and oxygen atoms in total. The SMILES string of the molecule is c1ccc(-c2cccc(-c3ccc(S(c4ccccc4)(c4ccccc4)c4ccc5c(c4)c4ccccc4n5-c4cccc(-c5cccc6c5oc5ccccc56)c4)cc3)c2)cc1. The zero-order valence-electron chi connectivity index (χ0n) is 34.4. The molecule has 0 aliphatic carbocycles. The monoisotopic (exact) mass is 823 g/mol. The molecule has 0 bridgehead atoms. The number of fused-ring (bicyclic) bond motifs is 6. The summed E-state index contributed by atoms with van der Waals surface area (Å²) in [6.07, 6.45) is 0. The quantitative estimate of drug-likeness (QED) is 0.149. The third kappa shape index (κ3) is 6.12. The Balaban J connectivity index is 1.04. The Bertz CT molecular complexity index is 3570. The summed E-state index contributed by atoms with van der Waals surface area (Å²) in [6, 6.07) is 90.9. The normalized spacial score (nSPS) is 12.1. The van der Waals surface area contributed by atoms with Crippen LogP contribution in [0.4, 0.5) is 0 Å². The summed E-state index contributed by atoms with van der Waals surface area (Å²) < 4.78 is 8.94. The van der Waals surface area contributed by atoms with Gasteiger partial charge in [-0.2, -0.15) is 0 Å². The van der Waals surface area contributed by atoms with E-state index in [4.69, 9.17) is 4.42 Å². The van der Waals surface area contributed by atoms with Crippen molar-refractivity contribution in [3.05, 3.63) is 249 Å². The van der Waals surface area contributed by atoms with E-state index in [1.54, 1.807) is 0 Å². The van der Waals surface area contributed by atoms with Crippen LogP contribution in [0.15, 0.2) is 273 Å². The lowest BCUT2D eigenvalue weighted by molar-refractivity contribution is 0.670. The first-order chi connectivity index (χ1) is 31.2. The maximum absolute atomic E-state index is 6.51. The third-order valence-electron chi connectivity index (χ3n) is 12.5. The smallest absolute Gasteiger partial charge is 0.143 e. The van der Waals surface area contributed by atoms with Gasteiger partial charge in [0.05, 0.1) is 11.0 Å². The van der Waals surface area contributed by atoms with Gasteiger partial charge < -0.3 is 8.98 Å². The highest BCUT2D eigenvalue weighted by atomic mass is 32.3. The first kappa shape index (κ1) is 37.0. The summed E-state index contributed by atoms with van der Waals surface area (Å²) in [5.74, 6) is 0. The first-order valence-electron chi connectivity index (χ1n) is 21.5. The number of benzene rings is 10. The van der Waals surface area contributed by atoms with Crippen molar-refractivity contribution in [2.24, 2.45) is 0 Å². The Hall–Kier alpha value is -7.85. The standard InChI is InChI=1S/C60H41NOS/c1-4-17-42(18-5-1)44-19-14-20-45(39-44)43-33-35-50(36-34-43)63(48-23-6-2-7-24-48,49-25-8-3-9-26-49)51-37-38-58-56(41-51)53-27-10-12-31-57(53)61(58)47-22-15-21-46(40-47)52-29-16-30-55-54-28-11-13-32-59(54)62-60(52)55/h1-41H. The van der Waals surface area contributed by atoms with Crippen LogP contribution in [-0.4, -0.2) is 4.57 Å². The van der Waals surface area contributed by atoms with Crippen molar-refractivity contribution in [3.63, 3.8) is 0 Å². The molecular formula is C60H41NOS. The molecule has 0 N–H and O–H groups in total. The Morgan fingerprint density at radius 1 is 0.302 bits per heavy atom. The Morgan fingerprint density at radius 2 is 0.825 bits per heavy atom. The zero-order chi connectivity index (χ0) is 41.7. The summed E-state index contributed by atoms with van der Waals surface area (Å²) >= 11 is 0. The lowest BCUT2D eigenvalue weighted by atomic mass is 9.99. The van der Waals surface area contributed by atoms with Crippen LogP contribution in [0.25, 0.3) is 82.8 Å². The number of nitrogens with zero attached hydrogens (tertiary/aromatic N) is 1. The Morgan fingerprint density at radius 3 is 1.57 bits per heavy atom. The van der Waals surface area contributed by atoms with Gasteiger partial charge in [0, 0.05) is 52.4 Å². The van der Waals surface area contributed by atoms with Crippen LogP contribution in [-0.2, 0) is 0 Å². The maximum Gasteiger partial charge on any atom is 0.143 e. The minimum atomic E-state index is -1.97. The molecule has 0 aliphatic rings. The van der Waals surface area contributed by atoms with Gasteiger partial charge in [0.15, 0.2) is 0 Å². The van der Waals surface area contributed by atoms with Crippen LogP contribution >= 0.6 is 10.0 Å². The van der Waals surface area contributed by atoms with Gasteiger partial charge in [0.1, 0.15) is 11.2 Å². The molecular weight excluding hydrogens is 783 g/mol. The second kappa shape index (κ2) is 15.3. The van der Waals surface area contributed by atoms with Crippen molar-refractivity contribution in [1.82, 2.24) is 4.57 Å². The van der Waals surface area contributed by atoms with E-state index in [-0.39, 0.29) is 0 Å². The Kier molecular flexibility index (Phi) is 8.95. The van der Waals surface area contributed by atoms with E-state index in [2.05, 4.69) is 247 Å². The molecule has 298 valence electrons. The van der Waals surface area contributed by atoms with Crippen molar-refractivity contribution in [3.8, 4) is 39.1 Å². The molecule has 0 radical (unpaired) electrons. The molecule has 0 unspecified atom stereocenters. The van der Waals surface area contributed by atoms with Crippen molar-refractivity contribution in [1.29, 1.82) is 0 Å². The molecule has 12 aromatic rings. The topological polar surface area (TPSA) is 18.1 Å². The molecule has 0 spiro atoms. The van der Waals surface area contributed by atoms with Gasteiger partial charge in [-0.25, -0.2) is 0 Å². The van der Waals surface area contributed by atoms with Crippen LogP contribution < -0.4 is 0 Å². The van der Waals surface area contributed by atoms with E-state index in [0.717, 1.165) is 38.8 Å². The van der Waals surface area contributed by atoms with Gasteiger partial charge in [-0.3, -0.25) is 0 Å². The number of para-hydroxylation sites is 3. The molecule has 3 heteroatoms. The van der Waals surface area contributed by atoms with E-state index < -0.39 is 10.0 Å². The molecule has 0 saturated heterocycles. The molecule has 0 aliphatic heterocycles. The summed E-state index contributed by atoms with van der Waals surface area (Å²) in [7, 11) is -1.97. The highest BCUT2D eigenvalue weighted by molar-refractivity contribution is 8.34. The summed E-state index contributed by atoms with van der Waals surface area (Å²) in [5.41, 5.74) is 12.3. The minimum Gasteiger partial charge on any atom is -0.455 e. The number of aromatic nitrogens is 1. The third-order valence-corrected chi connectivity index (χ3v) is 16.4. The van der Waals surface area contributed by atoms with E-state index in [0.29, 0.717) is 0 Å². The molecule has 10 aromatic carbocycles. The van der Waals surface area contributed by atoms with Crippen LogP contribution in [0.3, 0.4) is 0 Å². The van der Waals surface area contributed by atoms with Gasteiger partial charge in [-0.15, -0.1) is 10.0 Å². The van der Waals surface area contributed by atoms with Crippen LogP contribution in [0.2, 0.25) is 0 Å². The molecule has 63 heavy (non-hydrogen) atoms. The lowest BCUT2D eigenvalue weighted by Gasteiger charge is -2.42. The second-order valence-electron chi connectivity index (χ2n) is 16.1. The second-order valence-corrected chi connectivity index (χ2v) is 19.2. The average molecular weight is 824 g/mol. The maximum atomic E-state index is 6.51. The lowest BCUT2D eigenvalue weighted by Crippen LogP contribution is -2.05. The molecule has 12 rings (SSSR count). The molecule has 2 heterocycles. The summed E-state index contributed by atoms with van der Waals surface area (Å²) in [6.45, 7) is 0. The predicted octanol–water partition coefficient (Wildman–Crippen LogP) is 17.0. The number of rotatable bonds is 8. The molecule has 0 saturated carbocycles. The first-order valence-corrected chi connectivity index (χ1v) is 23.1. The number of hydrogen-bond donors (Lipinski definition) is 0. The van der Waals surface area contributed by atoms with Crippen molar-refractivity contribution >= 4 is 53.8 Å². The minimum absolute atomic E-state index is 0.906. The zero-order valence-corrected chi connectivity index (χ0v) is 35.3. The highest BCUT2D eigenvalue weighted by Crippen LogP contribution is 2.73. The fraction of sp³-hybridized carbons (Fsp3) is 0. The van der Waals surface area contributed by atoms with Gasteiger partial charge in [-0.05, 0) is 113 Å². The largest absolute Gasteiger partial charge is 0.455 e. The highest BCUT2D eigenvalue weighted by Gasteiger charge is 2.34. The van der Waals surface area contributed by atoms with Crippen molar-refractivity contribution in [2.75, 3.05) is 0 Å². The summed E-state index contributed by atoms with van der Waals surface area (Å²) in [5, 5.41) is 4.72. The fourth-order valence-corrected chi connectivity index (χ4v) is 13.5. The van der Waals surface area contributed by atoms with Crippen molar-refractivity contribution < 1.29 is 4.42 Å². The van der Waals surface area contributed by atoms with Crippen LogP contribution in [0.5, 0.6) is 0 Å². The molecule has 2 aromatic heterocycles. The van der Waals surface area contributed by atoms with Crippen molar-refractivity contribution in [2.45, 2.75) is 19.6 Å². The van der Waals surface area contributed by atoms with E-state index in [1.165, 1.54) is 63.6 Å². The average Bonchev–Trinajstić information content (AvgIpc) is 3.91. The van der Waals surface area contributed by atoms with Gasteiger partial charge in [0.2, 0.25) is 0 Å². The van der Waals surface area contributed by atoms with Gasteiger partial charge >= 0.3 is 0 Å². The Labute approximate surface area is 368 Å². The van der Waals surface area contributed by atoms with E-state index >= 15 is 0 Å². The molecule has 0 amide bonds. The van der Waals surface area contributed by atoms with E-state index in [1.807, 2.05) is 6.07 Å². The van der Waals surface area contributed by atoms with Gasteiger partial charge in [-0.1, -0.05) is 164 Å². The summed E-state index contributed by atoms with van der Waals surface area (Å²) in [4.78, 5) is 5.18. The molecule has 0 atom stereocenters. The molecule has 0 fully saturated rings.